The highest BCUT2D eigenvalue weighted by Gasteiger charge is 2.16. The van der Waals surface area contributed by atoms with Crippen molar-refractivity contribution in [3.05, 3.63) is 27.9 Å². The van der Waals surface area contributed by atoms with E-state index in [-0.39, 0.29) is 24.6 Å². The normalized spacial score (nSPS) is 9.16. The maximum Gasteiger partial charge on any atom is 0.332 e. The van der Waals surface area contributed by atoms with E-state index in [4.69, 9.17) is 9.47 Å². The first kappa shape index (κ1) is 14.4. The topological polar surface area (TPSA) is 91.6 Å². The van der Waals surface area contributed by atoms with Crippen LogP contribution in [0, 0.1) is 22.0 Å². The van der Waals surface area contributed by atoms with Crippen LogP contribution in [-0.4, -0.2) is 29.6 Å². The van der Waals surface area contributed by atoms with Crippen LogP contribution in [0.4, 0.5) is 5.69 Å². The van der Waals surface area contributed by atoms with Gasteiger partial charge in [-0.15, -0.1) is 0 Å². The highest BCUT2D eigenvalue weighted by molar-refractivity contribution is 5.72. The SMILES string of the molecule is CCOC(=O)CC#Cc1cnc(OC)c([N+](=O)[O-])c1. The summed E-state index contributed by atoms with van der Waals surface area (Å²) in [5.74, 6) is 4.65. The molecule has 0 amide bonds. The second-order valence-corrected chi connectivity index (χ2v) is 3.29. The molecule has 100 valence electrons. The number of carbonyl (C=O) groups excluding carboxylic acids is 1. The number of carbonyl (C=O) groups is 1. The van der Waals surface area contributed by atoms with Crippen LogP contribution in [-0.2, 0) is 9.53 Å². The first-order chi connectivity index (χ1) is 9.08. The minimum atomic E-state index is -0.609. The number of methoxy groups -OCH3 is 1. The summed E-state index contributed by atoms with van der Waals surface area (Å²) < 4.78 is 9.45. The Labute approximate surface area is 109 Å². The molecule has 1 aromatic heterocycles. The zero-order valence-corrected chi connectivity index (χ0v) is 10.5. The van der Waals surface area contributed by atoms with Gasteiger partial charge in [0, 0.05) is 17.8 Å². The smallest absolute Gasteiger partial charge is 0.332 e. The maximum atomic E-state index is 11.0. The molecule has 1 rings (SSSR count). The van der Waals surface area contributed by atoms with Gasteiger partial charge in [0.1, 0.15) is 6.42 Å². The molecule has 0 fully saturated rings. The number of aromatic nitrogens is 1. The Balaban J connectivity index is 2.86. The summed E-state index contributed by atoms with van der Waals surface area (Å²) in [6.45, 7) is 1.98. The molecule has 7 heteroatoms. The Morgan fingerprint density at radius 1 is 1.58 bits per heavy atom. The Kier molecular flexibility index (Phi) is 5.29. The van der Waals surface area contributed by atoms with Crippen molar-refractivity contribution >= 4 is 11.7 Å². The van der Waals surface area contributed by atoms with Gasteiger partial charge in [-0.05, 0) is 6.92 Å². The molecular weight excluding hydrogens is 252 g/mol. The Morgan fingerprint density at radius 2 is 2.32 bits per heavy atom. The molecule has 0 spiro atoms. The summed E-state index contributed by atoms with van der Waals surface area (Å²) in [6, 6.07) is 1.24. The number of rotatable bonds is 4. The van der Waals surface area contributed by atoms with Crippen LogP contribution in [0.2, 0.25) is 0 Å². The van der Waals surface area contributed by atoms with E-state index in [9.17, 15) is 14.9 Å². The first-order valence-corrected chi connectivity index (χ1v) is 5.41. The zero-order valence-electron chi connectivity index (χ0n) is 10.5. The van der Waals surface area contributed by atoms with E-state index in [0.29, 0.717) is 5.56 Å². The number of nitro groups is 1. The predicted octanol–water partition coefficient (Wildman–Crippen LogP) is 1.30. The second kappa shape index (κ2) is 6.96. The van der Waals surface area contributed by atoms with Gasteiger partial charge in [-0.1, -0.05) is 11.8 Å². The predicted molar refractivity (Wildman–Crippen MR) is 65.6 cm³/mol. The van der Waals surface area contributed by atoms with E-state index in [0.717, 1.165) is 0 Å². The third-order valence-electron chi connectivity index (χ3n) is 1.99. The lowest BCUT2D eigenvalue weighted by atomic mass is 10.2. The van der Waals surface area contributed by atoms with E-state index >= 15 is 0 Å². The van der Waals surface area contributed by atoms with Crippen molar-refractivity contribution in [3.63, 3.8) is 0 Å². The molecule has 19 heavy (non-hydrogen) atoms. The molecular formula is C12H12N2O5. The number of hydrogen-bond donors (Lipinski definition) is 0. The summed E-state index contributed by atoms with van der Waals surface area (Å²) >= 11 is 0. The molecule has 0 aliphatic heterocycles. The van der Waals surface area contributed by atoms with Crippen LogP contribution >= 0.6 is 0 Å². The fourth-order valence-electron chi connectivity index (χ4n) is 1.23. The van der Waals surface area contributed by atoms with Gasteiger partial charge >= 0.3 is 11.7 Å². The van der Waals surface area contributed by atoms with Gasteiger partial charge in [0.15, 0.2) is 0 Å². The second-order valence-electron chi connectivity index (χ2n) is 3.29. The van der Waals surface area contributed by atoms with Gasteiger partial charge in [-0.3, -0.25) is 14.9 Å². The number of pyridine rings is 1. The lowest BCUT2D eigenvalue weighted by Gasteiger charge is -1.99. The molecule has 0 atom stereocenters. The van der Waals surface area contributed by atoms with Crippen LogP contribution < -0.4 is 4.74 Å². The molecule has 0 aromatic carbocycles. The standard InChI is InChI=1S/C12H12N2O5/c1-3-19-11(15)6-4-5-9-7-10(14(16)17)12(18-2)13-8-9/h7-8H,3,6H2,1-2H3. The molecule has 0 aliphatic rings. The van der Waals surface area contributed by atoms with Gasteiger partial charge in [0.2, 0.25) is 0 Å². The lowest BCUT2D eigenvalue weighted by molar-refractivity contribution is -0.386. The van der Waals surface area contributed by atoms with Crippen molar-refractivity contribution in [1.29, 1.82) is 0 Å². The number of esters is 1. The molecule has 0 unspecified atom stereocenters. The first-order valence-electron chi connectivity index (χ1n) is 5.41. The molecule has 1 aromatic rings. The largest absolute Gasteiger partial charge is 0.476 e. The maximum absolute atomic E-state index is 11.0. The highest BCUT2D eigenvalue weighted by atomic mass is 16.6. The summed E-state index contributed by atoms with van der Waals surface area (Å²) in [5.41, 5.74) is 0.0576. The molecule has 0 saturated heterocycles. The van der Waals surface area contributed by atoms with Gasteiger partial charge in [-0.2, -0.15) is 0 Å². The van der Waals surface area contributed by atoms with Crippen LogP contribution in [0.1, 0.15) is 18.9 Å². The van der Waals surface area contributed by atoms with Crippen molar-refractivity contribution in [1.82, 2.24) is 4.98 Å². The third-order valence-corrected chi connectivity index (χ3v) is 1.99. The number of nitrogens with zero attached hydrogens (tertiary/aromatic N) is 2. The van der Waals surface area contributed by atoms with E-state index in [1.54, 1.807) is 6.92 Å². The van der Waals surface area contributed by atoms with Crippen LogP contribution in [0.15, 0.2) is 12.3 Å². The van der Waals surface area contributed by atoms with Crippen LogP contribution in [0.25, 0.3) is 0 Å². The van der Waals surface area contributed by atoms with Crippen molar-refractivity contribution in [2.45, 2.75) is 13.3 Å². The molecule has 0 bridgehead atoms. The number of ether oxygens (including phenoxy) is 2. The van der Waals surface area contributed by atoms with Crippen molar-refractivity contribution in [2.24, 2.45) is 0 Å². The summed E-state index contributed by atoms with van der Waals surface area (Å²) in [7, 11) is 1.29. The van der Waals surface area contributed by atoms with E-state index in [2.05, 4.69) is 16.8 Å². The monoisotopic (exact) mass is 264 g/mol. The van der Waals surface area contributed by atoms with Gasteiger partial charge in [0.05, 0.1) is 18.6 Å². The Hall–Kier alpha value is -2.62. The van der Waals surface area contributed by atoms with Gasteiger partial charge in [0.25, 0.3) is 5.88 Å². The molecule has 1 heterocycles. The minimum Gasteiger partial charge on any atom is -0.476 e. The summed E-state index contributed by atoms with van der Waals surface area (Å²) in [4.78, 5) is 25.0. The summed E-state index contributed by atoms with van der Waals surface area (Å²) in [5, 5.41) is 10.8. The van der Waals surface area contributed by atoms with E-state index in [1.165, 1.54) is 19.4 Å². The number of hydrogen-bond acceptors (Lipinski definition) is 6. The highest BCUT2D eigenvalue weighted by Crippen LogP contribution is 2.23. The van der Waals surface area contributed by atoms with Crippen LogP contribution in [0.5, 0.6) is 5.88 Å². The fraction of sp³-hybridized carbons (Fsp3) is 0.333. The molecule has 0 radical (unpaired) electrons. The third kappa shape index (κ3) is 4.27. The van der Waals surface area contributed by atoms with E-state index < -0.39 is 10.9 Å². The molecule has 0 aliphatic carbocycles. The Morgan fingerprint density at radius 3 is 2.89 bits per heavy atom. The zero-order chi connectivity index (χ0) is 14.3. The minimum absolute atomic E-state index is 0.0757. The van der Waals surface area contributed by atoms with Gasteiger partial charge in [-0.25, -0.2) is 4.98 Å². The van der Waals surface area contributed by atoms with Crippen molar-refractivity contribution in [2.75, 3.05) is 13.7 Å². The molecule has 7 nitrogen and oxygen atoms in total. The lowest BCUT2D eigenvalue weighted by Crippen LogP contribution is -2.01. The quantitative estimate of drug-likeness (QED) is 0.352. The van der Waals surface area contributed by atoms with Crippen molar-refractivity contribution in [3.8, 4) is 17.7 Å². The molecule has 0 N–H and O–H groups in total. The van der Waals surface area contributed by atoms with Gasteiger partial charge < -0.3 is 9.47 Å². The fourth-order valence-corrected chi connectivity index (χ4v) is 1.23. The van der Waals surface area contributed by atoms with Crippen molar-refractivity contribution < 1.29 is 19.2 Å². The van der Waals surface area contributed by atoms with E-state index in [1.807, 2.05) is 0 Å². The average molecular weight is 264 g/mol. The Bertz CT molecular complexity index is 545. The molecule has 0 saturated carbocycles. The van der Waals surface area contributed by atoms with Crippen LogP contribution in [0.3, 0.4) is 0 Å². The average Bonchev–Trinajstić information content (AvgIpc) is 2.38. The summed E-state index contributed by atoms with van der Waals surface area (Å²) in [6.07, 6.45) is 1.26.